The van der Waals surface area contributed by atoms with E-state index < -0.39 is 11.5 Å². The van der Waals surface area contributed by atoms with Gasteiger partial charge in [-0.1, -0.05) is 42.0 Å². The Labute approximate surface area is 168 Å². The van der Waals surface area contributed by atoms with E-state index in [-0.39, 0.29) is 24.5 Å². The van der Waals surface area contributed by atoms with E-state index in [4.69, 9.17) is 9.47 Å². The zero-order chi connectivity index (χ0) is 21.3. The highest BCUT2D eigenvalue weighted by Crippen LogP contribution is 2.36. The molecular weight excluding hydrogens is 356 g/mol. The smallest absolute Gasteiger partial charge is 0.313 e. The van der Waals surface area contributed by atoms with Crippen molar-refractivity contribution in [1.82, 2.24) is 0 Å². The third kappa shape index (κ3) is 8.26. The van der Waals surface area contributed by atoms with E-state index in [9.17, 15) is 14.7 Å². The molecule has 0 unspecified atom stereocenters. The van der Waals surface area contributed by atoms with Crippen molar-refractivity contribution in [1.29, 1.82) is 0 Å². The predicted octanol–water partition coefficient (Wildman–Crippen LogP) is 4.28. The Morgan fingerprint density at radius 3 is 2.61 bits per heavy atom. The second-order valence-corrected chi connectivity index (χ2v) is 7.93. The number of esters is 2. The maximum Gasteiger partial charge on any atom is 0.313 e. The summed E-state index contributed by atoms with van der Waals surface area (Å²) in [6.07, 6.45) is 10.5. The summed E-state index contributed by atoms with van der Waals surface area (Å²) >= 11 is 0. The van der Waals surface area contributed by atoms with E-state index >= 15 is 0 Å². The Morgan fingerprint density at radius 1 is 1.36 bits per heavy atom. The van der Waals surface area contributed by atoms with Gasteiger partial charge in [0.1, 0.15) is 6.61 Å². The summed E-state index contributed by atoms with van der Waals surface area (Å²) in [5.74, 6) is -1.41. The normalized spacial score (nSPS) is 24.0. The molecule has 0 aromatic heterocycles. The summed E-state index contributed by atoms with van der Waals surface area (Å²) in [6, 6.07) is 0. The van der Waals surface area contributed by atoms with Gasteiger partial charge in [-0.25, -0.2) is 0 Å². The average molecular weight is 391 g/mol. The largest absolute Gasteiger partial charge is 0.469 e. The summed E-state index contributed by atoms with van der Waals surface area (Å²) in [4.78, 5) is 24.0. The highest BCUT2D eigenvalue weighted by molar-refractivity contribution is 5.76. The lowest BCUT2D eigenvalue weighted by atomic mass is 9.77. The molecule has 0 fully saturated rings. The fraction of sp³-hybridized carbons (Fsp3) is 0.565. The maximum atomic E-state index is 12.6. The maximum absolute atomic E-state index is 12.6. The Kier molecular flexibility index (Phi) is 9.39. The standard InChI is InChI=1S/C23H34O5/c1-16-9-7-10-17(2)21(22(25)27-6)20(13-12-16)19(15-28-18(3)24)11-8-14-23(4,5)26/h8-9,11,14,20-21,26H,2,7,10,12-13,15H2,1,3-6H3/b14-8+,16-9-,19-11+/t20-,21+/m1/s1. The van der Waals surface area contributed by atoms with Crippen molar-refractivity contribution in [2.24, 2.45) is 11.8 Å². The molecule has 1 aliphatic rings. The van der Waals surface area contributed by atoms with Crippen LogP contribution in [0.5, 0.6) is 0 Å². The molecule has 0 aliphatic heterocycles. The molecule has 1 rings (SSSR count). The molecular formula is C23H34O5. The van der Waals surface area contributed by atoms with Crippen LogP contribution in [0.3, 0.4) is 0 Å². The highest BCUT2D eigenvalue weighted by Gasteiger charge is 2.34. The highest BCUT2D eigenvalue weighted by atomic mass is 16.5. The summed E-state index contributed by atoms with van der Waals surface area (Å²) in [5.41, 5.74) is 1.93. The molecule has 0 radical (unpaired) electrons. The molecule has 0 saturated carbocycles. The molecule has 0 saturated heterocycles. The fourth-order valence-electron chi connectivity index (χ4n) is 3.32. The van der Waals surface area contributed by atoms with Gasteiger partial charge >= 0.3 is 11.9 Å². The van der Waals surface area contributed by atoms with Crippen LogP contribution in [0.2, 0.25) is 0 Å². The summed E-state index contributed by atoms with van der Waals surface area (Å²) < 4.78 is 10.3. The number of allylic oxidation sites excluding steroid dienone is 4. The van der Waals surface area contributed by atoms with Gasteiger partial charge in [-0.3, -0.25) is 9.59 Å². The number of hydrogen-bond donors (Lipinski definition) is 1. The molecule has 5 heteroatoms. The predicted molar refractivity (Wildman–Crippen MR) is 111 cm³/mol. The van der Waals surface area contributed by atoms with Crippen LogP contribution < -0.4 is 0 Å². The van der Waals surface area contributed by atoms with Crippen molar-refractivity contribution < 1.29 is 24.2 Å². The van der Waals surface area contributed by atoms with Gasteiger partial charge < -0.3 is 14.6 Å². The van der Waals surface area contributed by atoms with Crippen LogP contribution in [0.1, 0.15) is 53.4 Å². The van der Waals surface area contributed by atoms with Crippen molar-refractivity contribution >= 4 is 11.9 Å². The Morgan fingerprint density at radius 2 is 2.04 bits per heavy atom. The summed E-state index contributed by atoms with van der Waals surface area (Å²) in [6.45, 7) is 11.0. The molecule has 0 amide bonds. The number of ether oxygens (including phenoxy) is 2. The number of hydrogen-bond acceptors (Lipinski definition) is 5. The van der Waals surface area contributed by atoms with Crippen LogP contribution in [0.25, 0.3) is 0 Å². The molecule has 28 heavy (non-hydrogen) atoms. The number of carbonyl (C=O) groups is 2. The van der Waals surface area contributed by atoms with E-state index in [1.54, 1.807) is 26.0 Å². The van der Waals surface area contributed by atoms with E-state index in [0.29, 0.717) is 12.8 Å². The lowest BCUT2D eigenvalue weighted by Crippen LogP contribution is -2.30. The molecule has 0 heterocycles. The van der Waals surface area contributed by atoms with Crippen molar-refractivity contribution in [2.45, 2.75) is 59.0 Å². The molecule has 5 nitrogen and oxygen atoms in total. The second-order valence-electron chi connectivity index (χ2n) is 7.93. The zero-order valence-electron chi connectivity index (χ0n) is 17.8. The molecule has 1 aliphatic carbocycles. The minimum atomic E-state index is -0.966. The third-order valence-electron chi connectivity index (χ3n) is 4.84. The minimum Gasteiger partial charge on any atom is -0.469 e. The quantitative estimate of drug-likeness (QED) is 0.416. The van der Waals surface area contributed by atoms with Gasteiger partial charge in [0, 0.05) is 12.8 Å². The molecule has 0 spiro atoms. The third-order valence-corrected chi connectivity index (χ3v) is 4.84. The van der Waals surface area contributed by atoms with Gasteiger partial charge in [-0.15, -0.1) is 0 Å². The number of rotatable bonds is 6. The first-order valence-electron chi connectivity index (χ1n) is 9.70. The van der Waals surface area contributed by atoms with Gasteiger partial charge in [0.25, 0.3) is 0 Å². The molecule has 0 bridgehead atoms. The Balaban J connectivity index is 3.36. The van der Waals surface area contributed by atoms with Gasteiger partial charge in [0.2, 0.25) is 0 Å². The lowest BCUT2D eigenvalue weighted by molar-refractivity contribution is -0.145. The van der Waals surface area contributed by atoms with Gasteiger partial charge in [0.05, 0.1) is 18.6 Å². The van der Waals surface area contributed by atoms with E-state index in [1.807, 2.05) is 6.08 Å². The van der Waals surface area contributed by atoms with Crippen LogP contribution in [0, 0.1) is 11.8 Å². The minimum absolute atomic E-state index is 0.0831. The Bertz CT molecular complexity index is 661. The van der Waals surface area contributed by atoms with Crippen LogP contribution in [-0.2, 0) is 19.1 Å². The van der Waals surface area contributed by atoms with Crippen LogP contribution in [0.15, 0.2) is 47.6 Å². The van der Waals surface area contributed by atoms with Crippen LogP contribution in [-0.4, -0.2) is 36.4 Å². The van der Waals surface area contributed by atoms with Crippen molar-refractivity contribution in [2.75, 3.05) is 13.7 Å². The first-order valence-corrected chi connectivity index (χ1v) is 9.70. The number of methoxy groups -OCH3 is 1. The Hall–Kier alpha value is -2.14. The molecule has 2 atom stereocenters. The molecule has 0 aromatic rings. The lowest BCUT2D eigenvalue weighted by Gasteiger charge is -2.28. The topological polar surface area (TPSA) is 72.8 Å². The zero-order valence-corrected chi connectivity index (χ0v) is 17.8. The molecule has 1 N–H and O–H groups in total. The number of carbonyl (C=O) groups excluding carboxylic acids is 2. The molecule has 156 valence electrons. The van der Waals surface area contributed by atoms with Crippen molar-refractivity contribution in [3.05, 3.63) is 47.6 Å². The first kappa shape index (κ1) is 23.9. The van der Waals surface area contributed by atoms with Crippen molar-refractivity contribution in [3.63, 3.8) is 0 Å². The fourth-order valence-corrected chi connectivity index (χ4v) is 3.32. The van der Waals surface area contributed by atoms with E-state index in [1.165, 1.54) is 19.6 Å². The second kappa shape index (κ2) is 11.0. The summed E-state index contributed by atoms with van der Waals surface area (Å²) in [7, 11) is 1.38. The SMILES string of the molecule is C=C1CC/C=C(/C)CC[C@H](/C(=C/C=C/C(C)(C)O)COC(C)=O)[C@H]1C(=O)OC. The summed E-state index contributed by atoms with van der Waals surface area (Å²) in [5, 5.41) is 9.94. The van der Waals surface area contributed by atoms with Crippen LogP contribution >= 0.6 is 0 Å². The van der Waals surface area contributed by atoms with E-state index in [2.05, 4.69) is 19.6 Å². The van der Waals surface area contributed by atoms with Gasteiger partial charge in [-0.05, 0) is 52.0 Å². The van der Waals surface area contributed by atoms with Gasteiger partial charge in [0.15, 0.2) is 0 Å². The average Bonchev–Trinajstić information content (AvgIpc) is 2.66. The van der Waals surface area contributed by atoms with Crippen molar-refractivity contribution in [3.8, 4) is 0 Å². The first-order chi connectivity index (χ1) is 13.0. The monoisotopic (exact) mass is 390 g/mol. The van der Waals surface area contributed by atoms with Gasteiger partial charge in [-0.2, -0.15) is 0 Å². The molecule has 0 aromatic carbocycles. The van der Waals surface area contributed by atoms with E-state index in [0.717, 1.165) is 24.0 Å². The number of aliphatic hydroxyl groups is 1. The van der Waals surface area contributed by atoms with Crippen LogP contribution in [0.4, 0.5) is 0 Å².